The molecule has 0 bridgehead atoms. The van der Waals surface area contributed by atoms with Gasteiger partial charge in [-0.2, -0.15) is 0 Å². The highest BCUT2D eigenvalue weighted by atomic mass is 16.4. The summed E-state index contributed by atoms with van der Waals surface area (Å²) in [6.45, 7) is 4.60. The van der Waals surface area contributed by atoms with Crippen molar-refractivity contribution in [2.45, 2.75) is 104 Å². The van der Waals surface area contributed by atoms with Gasteiger partial charge in [-0.3, -0.25) is 4.79 Å². The first-order chi connectivity index (χ1) is 10.6. The summed E-state index contributed by atoms with van der Waals surface area (Å²) in [7, 11) is 0. The Morgan fingerprint density at radius 1 is 0.773 bits per heavy atom. The number of carboxylic acid groups (broad SMARTS) is 1. The molecule has 0 aromatic rings. The van der Waals surface area contributed by atoms with Crippen LogP contribution in [0.3, 0.4) is 0 Å². The van der Waals surface area contributed by atoms with E-state index in [4.69, 9.17) is 5.11 Å². The number of hydrogen-bond acceptors (Lipinski definition) is 1. The molecule has 0 heterocycles. The zero-order valence-corrected chi connectivity index (χ0v) is 15.0. The van der Waals surface area contributed by atoms with Crippen molar-refractivity contribution in [3.63, 3.8) is 0 Å². The molecule has 0 aliphatic rings. The lowest BCUT2D eigenvalue weighted by Gasteiger charge is -2.02. The van der Waals surface area contributed by atoms with E-state index in [-0.39, 0.29) is 0 Å². The minimum Gasteiger partial charge on any atom is -0.481 e. The smallest absolute Gasteiger partial charge is 0.303 e. The lowest BCUT2D eigenvalue weighted by molar-refractivity contribution is -0.137. The van der Waals surface area contributed by atoms with E-state index in [0.29, 0.717) is 6.42 Å². The summed E-state index contributed by atoms with van der Waals surface area (Å²) in [5.41, 5.74) is 0. The molecule has 0 rings (SSSR count). The summed E-state index contributed by atoms with van der Waals surface area (Å²) < 4.78 is 0. The van der Waals surface area contributed by atoms with Gasteiger partial charge in [0.25, 0.3) is 0 Å². The molecule has 0 radical (unpaired) electrons. The van der Waals surface area contributed by atoms with Crippen LogP contribution in [0, 0.1) is 5.92 Å². The molecule has 22 heavy (non-hydrogen) atoms. The summed E-state index contributed by atoms with van der Waals surface area (Å²) in [6.07, 6.45) is 21.3. The fourth-order valence-corrected chi connectivity index (χ4v) is 2.65. The summed E-state index contributed by atoms with van der Waals surface area (Å²) in [5.74, 6) is 0.189. The van der Waals surface area contributed by atoms with Crippen LogP contribution in [-0.2, 0) is 4.79 Å². The number of carbonyl (C=O) groups is 1. The maximum absolute atomic E-state index is 10.4. The van der Waals surface area contributed by atoms with Gasteiger partial charge in [0, 0.05) is 6.42 Å². The molecule has 0 aliphatic carbocycles. The quantitative estimate of drug-likeness (QED) is 0.253. The molecule has 0 amide bonds. The second kappa shape index (κ2) is 16.6. The zero-order chi connectivity index (χ0) is 16.5. The van der Waals surface area contributed by atoms with E-state index in [1.54, 1.807) is 0 Å². The van der Waals surface area contributed by atoms with Crippen LogP contribution < -0.4 is 0 Å². The molecule has 2 nitrogen and oxygen atoms in total. The van der Waals surface area contributed by atoms with Gasteiger partial charge in [0.05, 0.1) is 0 Å². The number of allylic oxidation sites excluding steroid dienone is 2. The standard InChI is InChI=1S/C20H38O2/c1-19(2)17-15-13-11-9-7-5-3-4-6-8-10-12-14-16-18-20(21)22/h7,9,19H,3-6,8,10-18H2,1-2H3,(H,21,22). The van der Waals surface area contributed by atoms with Crippen LogP contribution >= 0.6 is 0 Å². The number of carboxylic acids is 1. The highest BCUT2D eigenvalue weighted by molar-refractivity contribution is 5.66. The summed E-state index contributed by atoms with van der Waals surface area (Å²) in [6, 6.07) is 0. The topological polar surface area (TPSA) is 37.3 Å². The Balaban J connectivity index is 3.09. The van der Waals surface area contributed by atoms with E-state index in [2.05, 4.69) is 26.0 Å². The van der Waals surface area contributed by atoms with Crippen molar-refractivity contribution in [1.82, 2.24) is 0 Å². The van der Waals surface area contributed by atoms with E-state index >= 15 is 0 Å². The largest absolute Gasteiger partial charge is 0.481 e. The maximum Gasteiger partial charge on any atom is 0.303 e. The lowest BCUT2D eigenvalue weighted by Crippen LogP contribution is -1.93. The van der Waals surface area contributed by atoms with E-state index < -0.39 is 5.97 Å². The second-order valence-electron chi connectivity index (χ2n) is 6.91. The second-order valence-corrected chi connectivity index (χ2v) is 6.91. The van der Waals surface area contributed by atoms with Crippen molar-refractivity contribution in [2.75, 3.05) is 0 Å². The minimum absolute atomic E-state index is 0.337. The number of aliphatic carboxylic acids is 1. The normalized spacial score (nSPS) is 11.6. The first-order valence-corrected chi connectivity index (χ1v) is 9.49. The predicted octanol–water partition coefficient (Wildman–Crippen LogP) is 6.74. The van der Waals surface area contributed by atoms with Crippen LogP contribution in [0.25, 0.3) is 0 Å². The lowest BCUT2D eigenvalue weighted by atomic mass is 10.0. The van der Waals surface area contributed by atoms with Gasteiger partial charge in [-0.15, -0.1) is 0 Å². The highest BCUT2D eigenvalue weighted by Gasteiger charge is 1.96. The fraction of sp³-hybridized carbons (Fsp3) is 0.850. The van der Waals surface area contributed by atoms with Crippen molar-refractivity contribution < 1.29 is 9.90 Å². The zero-order valence-electron chi connectivity index (χ0n) is 15.0. The average molecular weight is 311 g/mol. The van der Waals surface area contributed by atoms with Crippen LogP contribution in [0.1, 0.15) is 104 Å². The van der Waals surface area contributed by atoms with Crippen molar-refractivity contribution in [2.24, 2.45) is 5.92 Å². The fourth-order valence-electron chi connectivity index (χ4n) is 2.65. The number of unbranched alkanes of at least 4 members (excludes halogenated alkanes) is 10. The molecular formula is C20H38O2. The van der Waals surface area contributed by atoms with E-state index in [0.717, 1.165) is 18.8 Å². The van der Waals surface area contributed by atoms with Gasteiger partial charge in [0.15, 0.2) is 0 Å². The summed E-state index contributed by atoms with van der Waals surface area (Å²) in [4.78, 5) is 10.4. The monoisotopic (exact) mass is 310 g/mol. The van der Waals surface area contributed by atoms with Gasteiger partial charge in [0.1, 0.15) is 0 Å². The molecule has 0 spiro atoms. The van der Waals surface area contributed by atoms with Gasteiger partial charge < -0.3 is 5.11 Å². The Morgan fingerprint density at radius 2 is 1.23 bits per heavy atom. The highest BCUT2D eigenvalue weighted by Crippen LogP contribution is 2.11. The van der Waals surface area contributed by atoms with E-state index in [1.165, 1.54) is 70.6 Å². The molecule has 1 N–H and O–H groups in total. The summed E-state index contributed by atoms with van der Waals surface area (Å²) >= 11 is 0. The van der Waals surface area contributed by atoms with Crippen molar-refractivity contribution >= 4 is 5.97 Å². The molecule has 0 saturated heterocycles. The van der Waals surface area contributed by atoms with Gasteiger partial charge in [-0.25, -0.2) is 0 Å². The number of rotatable bonds is 16. The Kier molecular flexibility index (Phi) is 16.0. The Labute approximate surface area is 138 Å². The van der Waals surface area contributed by atoms with Gasteiger partial charge in [-0.1, -0.05) is 77.4 Å². The first-order valence-electron chi connectivity index (χ1n) is 9.49. The van der Waals surface area contributed by atoms with Crippen LogP contribution in [-0.4, -0.2) is 11.1 Å². The van der Waals surface area contributed by atoms with Crippen LogP contribution in [0.2, 0.25) is 0 Å². The van der Waals surface area contributed by atoms with Crippen molar-refractivity contribution in [3.05, 3.63) is 12.2 Å². The van der Waals surface area contributed by atoms with E-state index in [9.17, 15) is 4.79 Å². The van der Waals surface area contributed by atoms with Crippen LogP contribution in [0.5, 0.6) is 0 Å². The Hall–Kier alpha value is -0.790. The van der Waals surface area contributed by atoms with Gasteiger partial charge in [-0.05, 0) is 38.0 Å². The van der Waals surface area contributed by atoms with Crippen molar-refractivity contribution in [3.8, 4) is 0 Å². The molecule has 2 heteroatoms. The molecule has 0 saturated carbocycles. The third-order valence-electron chi connectivity index (χ3n) is 4.08. The Bertz CT molecular complexity index is 269. The first kappa shape index (κ1) is 21.2. The third kappa shape index (κ3) is 19.2. The number of hydrogen-bond donors (Lipinski definition) is 1. The molecular weight excluding hydrogens is 272 g/mol. The minimum atomic E-state index is -0.659. The molecule has 130 valence electrons. The Morgan fingerprint density at radius 3 is 1.73 bits per heavy atom. The van der Waals surface area contributed by atoms with Gasteiger partial charge >= 0.3 is 5.97 Å². The maximum atomic E-state index is 10.4. The molecule has 0 atom stereocenters. The third-order valence-corrected chi connectivity index (χ3v) is 4.08. The van der Waals surface area contributed by atoms with Gasteiger partial charge in [0.2, 0.25) is 0 Å². The van der Waals surface area contributed by atoms with E-state index in [1.807, 2.05) is 0 Å². The molecule has 0 aliphatic heterocycles. The van der Waals surface area contributed by atoms with Crippen LogP contribution in [0.15, 0.2) is 12.2 Å². The molecule has 0 aromatic heterocycles. The molecule has 0 fully saturated rings. The van der Waals surface area contributed by atoms with Crippen molar-refractivity contribution in [1.29, 1.82) is 0 Å². The summed E-state index contributed by atoms with van der Waals surface area (Å²) in [5, 5.41) is 8.53. The predicted molar refractivity (Wildman–Crippen MR) is 96.3 cm³/mol. The SMILES string of the molecule is CC(C)CCCCC=CCCCCCCCCCCC(=O)O. The average Bonchev–Trinajstić information content (AvgIpc) is 2.46. The molecule has 0 aromatic carbocycles. The van der Waals surface area contributed by atoms with Crippen LogP contribution in [0.4, 0.5) is 0 Å². The molecule has 0 unspecified atom stereocenters.